The van der Waals surface area contributed by atoms with E-state index in [1.54, 1.807) is 37.8 Å². The second kappa shape index (κ2) is 10.9. The molecule has 0 bridgehead atoms. The Bertz CT molecular complexity index is 589. The first-order chi connectivity index (χ1) is 15.6. The molecule has 0 radical (unpaired) electrons. The van der Waals surface area contributed by atoms with Gasteiger partial charge in [0.05, 0.1) is 0 Å². The highest BCUT2D eigenvalue weighted by molar-refractivity contribution is 6.77. The summed E-state index contributed by atoms with van der Waals surface area (Å²) in [6, 6.07) is 3.28. The summed E-state index contributed by atoms with van der Waals surface area (Å²) in [6.45, 7) is 29.7. The second-order valence-corrected chi connectivity index (χ2v) is 22.2. The molecule has 1 heteroatoms. The molecule has 0 aromatic carbocycles. The molecule has 200 valence electrons. The minimum absolute atomic E-state index is 0.500. The molecule has 12 unspecified atom stereocenters. The van der Waals surface area contributed by atoms with Crippen LogP contribution in [0.25, 0.3) is 0 Å². The summed E-state index contributed by atoms with van der Waals surface area (Å²) in [5.41, 5.74) is 0.500. The fraction of sp³-hybridized carbons (Fsp3) is 1.00. The predicted molar refractivity (Wildman–Crippen MR) is 156 cm³/mol. The third-order valence-electron chi connectivity index (χ3n) is 11.3. The second-order valence-electron chi connectivity index (χ2n) is 17.0. The number of hydrogen-bond acceptors (Lipinski definition) is 0. The molecular weight excluding hydrogens is 424 g/mol. The summed E-state index contributed by atoms with van der Waals surface area (Å²) >= 11 is 0. The van der Waals surface area contributed by atoms with Gasteiger partial charge in [-0.25, -0.2) is 0 Å². The van der Waals surface area contributed by atoms with Crippen LogP contribution in [0.15, 0.2) is 0 Å². The fourth-order valence-electron chi connectivity index (χ4n) is 9.28. The Balaban J connectivity index is 0.000000588. The van der Waals surface area contributed by atoms with Crippen molar-refractivity contribution in [3.63, 3.8) is 0 Å². The third-order valence-corrected chi connectivity index (χ3v) is 14.4. The van der Waals surface area contributed by atoms with Crippen molar-refractivity contribution in [3.8, 4) is 0 Å². The van der Waals surface area contributed by atoms with Crippen LogP contribution in [0.1, 0.15) is 108 Å². The first-order valence-corrected chi connectivity index (χ1v) is 19.0. The minimum atomic E-state index is -1.15. The van der Waals surface area contributed by atoms with Gasteiger partial charge in [0.25, 0.3) is 0 Å². The summed E-state index contributed by atoms with van der Waals surface area (Å²) in [7, 11) is -1.15. The highest BCUT2D eigenvalue weighted by Crippen LogP contribution is 2.57. The van der Waals surface area contributed by atoms with E-state index in [0.29, 0.717) is 5.41 Å². The molecule has 0 heterocycles. The zero-order valence-electron chi connectivity index (χ0n) is 25.6. The Hall–Kier alpha value is 0.217. The number of rotatable bonds is 4. The molecule has 0 nitrogen and oxygen atoms in total. The summed E-state index contributed by atoms with van der Waals surface area (Å²) in [5.74, 6) is 12.3. The average Bonchev–Trinajstić information content (AvgIpc) is 3.11. The molecule has 34 heavy (non-hydrogen) atoms. The molecule has 12 atom stereocenters. The van der Waals surface area contributed by atoms with E-state index in [1.165, 1.54) is 12.8 Å². The highest BCUT2D eigenvalue weighted by Gasteiger charge is 2.50. The molecule has 4 saturated carbocycles. The van der Waals surface area contributed by atoms with Crippen LogP contribution < -0.4 is 0 Å². The van der Waals surface area contributed by atoms with Gasteiger partial charge < -0.3 is 0 Å². The maximum atomic E-state index is 2.79. The van der Waals surface area contributed by atoms with Gasteiger partial charge in [0.2, 0.25) is 0 Å². The zero-order valence-corrected chi connectivity index (χ0v) is 26.6. The van der Waals surface area contributed by atoms with E-state index in [2.05, 4.69) is 82.3 Å². The van der Waals surface area contributed by atoms with Crippen LogP contribution in [-0.4, -0.2) is 8.07 Å². The molecule has 4 aliphatic rings. The molecule has 0 spiro atoms. The van der Waals surface area contributed by atoms with E-state index >= 15 is 0 Å². The quantitative estimate of drug-likeness (QED) is 0.345. The van der Waals surface area contributed by atoms with Crippen molar-refractivity contribution >= 4 is 8.07 Å². The third kappa shape index (κ3) is 7.16. The largest absolute Gasteiger partial charge is 0.0693 e. The Morgan fingerprint density at radius 2 is 0.765 bits per heavy atom. The van der Waals surface area contributed by atoms with Crippen molar-refractivity contribution in [2.24, 2.45) is 76.4 Å². The van der Waals surface area contributed by atoms with Crippen molar-refractivity contribution in [2.45, 2.75) is 133 Å². The van der Waals surface area contributed by atoms with Crippen molar-refractivity contribution < 1.29 is 0 Å². The number of fused-ring (bicyclic) bond motifs is 2. The smallest absolute Gasteiger partial charge is 0.0479 e. The minimum Gasteiger partial charge on any atom is -0.0693 e. The zero-order chi connectivity index (χ0) is 25.6. The lowest BCUT2D eigenvalue weighted by molar-refractivity contribution is 0.130. The van der Waals surface area contributed by atoms with E-state index in [9.17, 15) is 0 Å². The van der Waals surface area contributed by atoms with Crippen LogP contribution in [-0.2, 0) is 0 Å². The van der Waals surface area contributed by atoms with E-state index in [0.717, 1.165) is 71.0 Å². The lowest BCUT2D eigenvalue weighted by atomic mass is 9.69. The predicted octanol–water partition coefficient (Wildman–Crippen LogP) is 10.7. The van der Waals surface area contributed by atoms with E-state index < -0.39 is 8.07 Å². The number of hydrogen-bond donors (Lipinski definition) is 0. The van der Waals surface area contributed by atoms with Crippen molar-refractivity contribution in [1.29, 1.82) is 0 Å². The molecule has 0 saturated heterocycles. The van der Waals surface area contributed by atoms with Crippen LogP contribution in [0.2, 0.25) is 25.2 Å². The van der Waals surface area contributed by atoms with Crippen molar-refractivity contribution in [1.82, 2.24) is 0 Å². The van der Waals surface area contributed by atoms with Gasteiger partial charge in [0.15, 0.2) is 0 Å². The Labute approximate surface area is 217 Å². The Kier molecular flexibility index (Phi) is 9.24. The molecule has 0 N–H and O–H groups in total. The van der Waals surface area contributed by atoms with E-state index in [-0.39, 0.29) is 0 Å². The average molecular weight is 489 g/mol. The summed E-state index contributed by atoms with van der Waals surface area (Å²) in [5, 5.41) is 0. The van der Waals surface area contributed by atoms with Gasteiger partial charge in [-0.15, -0.1) is 0 Å². The highest BCUT2D eigenvalue weighted by atomic mass is 28.3. The fourth-order valence-corrected chi connectivity index (χ4v) is 13.4. The standard InChI is InChI=1S/C28H52Si.C5H12/c1-17-9-23-11-21(5)27(25(23)13-19(17)3)15-29(7,8)16-28-22(6)12-24-10-18(2)20(4)14-26(24)28;1-5(2,3)4/h17-28H,9-16H2,1-8H3;1-4H3. The molecule has 0 aliphatic heterocycles. The van der Waals surface area contributed by atoms with Crippen LogP contribution in [0.4, 0.5) is 0 Å². The van der Waals surface area contributed by atoms with Gasteiger partial charge in [-0.2, -0.15) is 0 Å². The molecule has 0 aromatic rings. The van der Waals surface area contributed by atoms with Gasteiger partial charge in [0.1, 0.15) is 0 Å². The summed E-state index contributed by atoms with van der Waals surface area (Å²) < 4.78 is 0. The normalized spacial score (nSPS) is 46.9. The molecule has 4 rings (SSSR count). The van der Waals surface area contributed by atoms with E-state index in [4.69, 9.17) is 0 Å². The van der Waals surface area contributed by atoms with Gasteiger partial charge in [-0.3, -0.25) is 0 Å². The molecule has 0 amide bonds. The van der Waals surface area contributed by atoms with Crippen LogP contribution in [0.3, 0.4) is 0 Å². The van der Waals surface area contributed by atoms with Gasteiger partial charge in [0, 0.05) is 8.07 Å². The monoisotopic (exact) mass is 488 g/mol. The van der Waals surface area contributed by atoms with E-state index in [1.807, 2.05) is 0 Å². The molecule has 4 fully saturated rings. The van der Waals surface area contributed by atoms with Crippen LogP contribution >= 0.6 is 0 Å². The van der Waals surface area contributed by atoms with Gasteiger partial charge >= 0.3 is 0 Å². The topological polar surface area (TPSA) is 0 Å². The Morgan fingerprint density at radius 1 is 0.500 bits per heavy atom. The lowest BCUT2D eigenvalue weighted by Crippen LogP contribution is -2.38. The maximum absolute atomic E-state index is 2.79. The summed E-state index contributed by atoms with van der Waals surface area (Å²) in [4.78, 5) is 0. The Morgan fingerprint density at radius 3 is 1.09 bits per heavy atom. The molecule has 0 aromatic heterocycles. The summed E-state index contributed by atoms with van der Waals surface area (Å²) in [6.07, 6.45) is 9.27. The lowest BCUT2D eigenvalue weighted by Gasteiger charge is -2.42. The van der Waals surface area contributed by atoms with Crippen molar-refractivity contribution in [3.05, 3.63) is 0 Å². The first kappa shape index (κ1) is 28.8. The van der Waals surface area contributed by atoms with Gasteiger partial charge in [-0.1, -0.05) is 94.4 Å². The van der Waals surface area contributed by atoms with Crippen molar-refractivity contribution in [2.75, 3.05) is 0 Å². The first-order valence-electron chi connectivity index (χ1n) is 15.6. The molecule has 4 aliphatic carbocycles. The maximum Gasteiger partial charge on any atom is 0.0479 e. The van der Waals surface area contributed by atoms with Crippen LogP contribution in [0.5, 0.6) is 0 Å². The SMILES string of the molecule is CC(C)(C)C.CC1CC2CC(C)C(C[Si](C)(C)CC3C(C)CC4CC(C)C(C)CC43)C2CC1C. The van der Waals surface area contributed by atoms with Crippen LogP contribution in [0, 0.1) is 76.4 Å². The molecular formula is C33H64Si. The van der Waals surface area contributed by atoms with Gasteiger partial charge in [-0.05, 0) is 115 Å².